The predicted octanol–water partition coefficient (Wildman–Crippen LogP) is 2.05. The van der Waals surface area contributed by atoms with Gasteiger partial charge in [0.2, 0.25) is 0 Å². The normalized spacial score (nSPS) is 12.0. The van der Waals surface area contributed by atoms with E-state index in [-0.39, 0.29) is 25.8 Å². The first-order valence-electron chi connectivity index (χ1n) is 5.77. The van der Waals surface area contributed by atoms with E-state index in [2.05, 4.69) is 4.74 Å². The SMILES string of the molecule is CCOC(=O)C=C(NC(=O)N(CC)CC)C(F)(F)F. The number of esters is 1. The van der Waals surface area contributed by atoms with Gasteiger partial charge in [0, 0.05) is 13.1 Å². The molecule has 5 nitrogen and oxygen atoms in total. The van der Waals surface area contributed by atoms with Crippen LogP contribution in [0.3, 0.4) is 0 Å². The van der Waals surface area contributed by atoms with Gasteiger partial charge in [-0.1, -0.05) is 0 Å². The largest absolute Gasteiger partial charge is 0.463 e. The van der Waals surface area contributed by atoms with E-state index in [4.69, 9.17) is 0 Å². The molecule has 0 rings (SSSR count). The van der Waals surface area contributed by atoms with Crippen molar-refractivity contribution in [3.8, 4) is 0 Å². The number of alkyl halides is 3. The number of urea groups is 1. The Morgan fingerprint density at radius 3 is 2.11 bits per heavy atom. The number of carbonyl (C=O) groups excluding carboxylic acids is 2. The van der Waals surface area contributed by atoms with E-state index < -0.39 is 23.9 Å². The molecule has 0 heterocycles. The summed E-state index contributed by atoms with van der Waals surface area (Å²) in [4.78, 5) is 23.7. The number of ether oxygens (including phenoxy) is 1. The number of amides is 2. The molecule has 0 fully saturated rings. The van der Waals surface area contributed by atoms with Crippen LogP contribution in [-0.4, -0.2) is 42.8 Å². The van der Waals surface area contributed by atoms with Crippen LogP contribution in [0.4, 0.5) is 18.0 Å². The fourth-order valence-electron chi connectivity index (χ4n) is 1.20. The summed E-state index contributed by atoms with van der Waals surface area (Å²) in [5, 5.41) is 1.67. The Morgan fingerprint density at radius 2 is 1.74 bits per heavy atom. The van der Waals surface area contributed by atoms with Crippen molar-refractivity contribution >= 4 is 12.0 Å². The summed E-state index contributed by atoms with van der Waals surface area (Å²) in [6.07, 6.45) is -4.61. The highest BCUT2D eigenvalue weighted by atomic mass is 19.4. The number of nitrogens with one attached hydrogen (secondary N) is 1. The van der Waals surface area contributed by atoms with E-state index >= 15 is 0 Å². The molecular formula is C11H17F3N2O3. The van der Waals surface area contributed by atoms with Crippen LogP contribution >= 0.6 is 0 Å². The molecule has 110 valence electrons. The summed E-state index contributed by atoms with van der Waals surface area (Å²) in [6.45, 7) is 5.19. The third-order valence-electron chi connectivity index (χ3n) is 2.15. The standard InChI is InChI=1S/C11H17F3N2O3/c1-4-16(5-2)10(18)15-8(11(12,13)14)7-9(17)19-6-3/h7H,4-6H2,1-3H3,(H,15,18). The van der Waals surface area contributed by atoms with Gasteiger partial charge in [-0.3, -0.25) is 0 Å². The molecule has 2 amide bonds. The highest BCUT2D eigenvalue weighted by molar-refractivity contribution is 5.85. The second-order valence-corrected chi connectivity index (χ2v) is 3.41. The quantitative estimate of drug-likeness (QED) is 0.620. The van der Waals surface area contributed by atoms with Crippen LogP contribution in [0.25, 0.3) is 0 Å². The maximum atomic E-state index is 12.6. The van der Waals surface area contributed by atoms with Crippen molar-refractivity contribution in [1.29, 1.82) is 0 Å². The van der Waals surface area contributed by atoms with Gasteiger partial charge in [-0.25, -0.2) is 9.59 Å². The molecule has 0 radical (unpaired) electrons. The molecule has 0 aromatic carbocycles. The van der Waals surface area contributed by atoms with Crippen LogP contribution in [-0.2, 0) is 9.53 Å². The summed E-state index contributed by atoms with van der Waals surface area (Å²) < 4.78 is 42.3. The monoisotopic (exact) mass is 282 g/mol. The van der Waals surface area contributed by atoms with Gasteiger partial charge in [-0.2, -0.15) is 13.2 Å². The van der Waals surface area contributed by atoms with Gasteiger partial charge in [0.15, 0.2) is 0 Å². The maximum absolute atomic E-state index is 12.6. The van der Waals surface area contributed by atoms with Crippen molar-refractivity contribution in [2.45, 2.75) is 26.9 Å². The van der Waals surface area contributed by atoms with E-state index in [0.717, 1.165) is 4.90 Å². The van der Waals surface area contributed by atoms with Crippen LogP contribution in [0.2, 0.25) is 0 Å². The number of nitrogens with zero attached hydrogens (tertiary/aromatic N) is 1. The van der Waals surface area contributed by atoms with E-state index in [1.165, 1.54) is 6.92 Å². The minimum Gasteiger partial charge on any atom is -0.463 e. The summed E-state index contributed by atoms with van der Waals surface area (Å²) in [7, 11) is 0. The molecule has 19 heavy (non-hydrogen) atoms. The van der Waals surface area contributed by atoms with Gasteiger partial charge in [0.05, 0.1) is 12.7 Å². The lowest BCUT2D eigenvalue weighted by Gasteiger charge is -2.21. The van der Waals surface area contributed by atoms with Crippen LogP contribution in [0.15, 0.2) is 11.8 Å². The van der Waals surface area contributed by atoms with E-state index in [1.54, 1.807) is 19.2 Å². The number of allylic oxidation sites excluding steroid dienone is 1. The zero-order valence-corrected chi connectivity index (χ0v) is 11.0. The van der Waals surface area contributed by atoms with Crippen molar-refractivity contribution < 1.29 is 27.5 Å². The molecule has 0 bridgehead atoms. The number of hydrogen-bond donors (Lipinski definition) is 1. The van der Waals surface area contributed by atoms with Crippen LogP contribution in [0.1, 0.15) is 20.8 Å². The van der Waals surface area contributed by atoms with Gasteiger partial charge in [0.25, 0.3) is 0 Å². The first-order chi connectivity index (χ1) is 8.76. The minimum absolute atomic E-state index is 0.0511. The highest BCUT2D eigenvalue weighted by Gasteiger charge is 2.36. The lowest BCUT2D eigenvalue weighted by atomic mass is 10.3. The van der Waals surface area contributed by atoms with Crippen LogP contribution in [0.5, 0.6) is 0 Å². The van der Waals surface area contributed by atoms with Gasteiger partial charge >= 0.3 is 18.2 Å². The number of hydrogen-bond acceptors (Lipinski definition) is 3. The van der Waals surface area contributed by atoms with Crippen molar-refractivity contribution in [2.24, 2.45) is 0 Å². The van der Waals surface area contributed by atoms with Gasteiger partial charge < -0.3 is 15.0 Å². The fraction of sp³-hybridized carbons (Fsp3) is 0.636. The zero-order chi connectivity index (χ0) is 15.1. The third-order valence-corrected chi connectivity index (χ3v) is 2.15. The molecule has 0 aromatic heterocycles. The smallest absolute Gasteiger partial charge is 0.431 e. The average Bonchev–Trinajstić information content (AvgIpc) is 2.28. The van der Waals surface area contributed by atoms with Crippen molar-refractivity contribution in [1.82, 2.24) is 10.2 Å². The van der Waals surface area contributed by atoms with Gasteiger partial charge in [-0.15, -0.1) is 0 Å². The van der Waals surface area contributed by atoms with Gasteiger partial charge in [0.1, 0.15) is 5.70 Å². The Balaban J connectivity index is 4.99. The Bertz CT molecular complexity index is 350. The highest BCUT2D eigenvalue weighted by Crippen LogP contribution is 2.23. The molecule has 0 aliphatic rings. The number of carbonyl (C=O) groups is 2. The average molecular weight is 282 g/mol. The van der Waals surface area contributed by atoms with Crippen molar-refractivity contribution in [2.75, 3.05) is 19.7 Å². The van der Waals surface area contributed by atoms with Gasteiger partial charge in [-0.05, 0) is 20.8 Å². The molecule has 0 unspecified atom stereocenters. The van der Waals surface area contributed by atoms with E-state index in [9.17, 15) is 22.8 Å². The summed E-state index contributed by atoms with van der Waals surface area (Å²) in [5.41, 5.74) is -1.44. The Kier molecular flexibility index (Phi) is 6.95. The molecule has 0 aromatic rings. The third kappa shape index (κ3) is 6.12. The summed E-state index contributed by atoms with van der Waals surface area (Å²) >= 11 is 0. The van der Waals surface area contributed by atoms with Crippen molar-refractivity contribution in [3.63, 3.8) is 0 Å². The molecule has 0 aliphatic carbocycles. The van der Waals surface area contributed by atoms with E-state index in [1.807, 2.05) is 0 Å². The minimum atomic E-state index is -4.84. The molecule has 0 aliphatic heterocycles. The first-order valence-corrected chi connectivity index (χ1v) is 5.77. The lowest BCUT2D eigenvalue weighted by molar-refractivity contribution is -0.138. The van der Waals surface area contributed by atoms with Crippen LogP contribution in [0, 0.1) is 0 Å². The predicted molar refractivity (Wildman–Crippen MR) is 62.2 cm³/mol. The Labute approximate surface area is 109 Å². The molecule has 0 saturated heterocycles. The topological polar surface area (TPSA) is 58.6 Å². The fourth-order valence-corrected chi connectivity index (χ4v) is 1.20. The molecule has 1 N–H and O–H groups in total. The second-order valence-electron chi connectivity index (χ2n) is 3.41. The summed E-state index contributed by atoms with van der Waals surface area (Å²) in [5.74, 6) is -1.16. The molecular weight excluding hydrogens is 265 g/mol. The van der Waals surface area contributed by atoms with E-state index in [0.29, 0.717) is 0 Å². The Morgan fingerprint density at radius 1 is 1.21 bits per heavy atom. The maximum Gasteiger partial charge on any atom is 0.431 e. The molecule has 0 atom stereocenters. The molecule has 0 saturated carbocycles. The molecule has 0 spiro atoms. The number of rotatable bonds is 5. The van der Waals surface area contributed by atoms with Crippen LogP contribution < -0.4 is 5.32 Å². The first kappa shape index (κ1) is 17.3. The summed E-state index contributed by atoms with van der Waals surface area (Å²) in [6, 6.07) is -0.919. The lowest BCUT2D eigenvalue weighted by Crippen LogP contribution is -2.42. The second kappa shape index (κ2) is 7.65. The number of halogens is 3. The van der Waals surface area contributed by atoms with Crippen molar-refractivity contribution in [3.05, 3.63) is 11.8 Å². The Hall–Kier alpha value is -1.73. The molecule has 8 heteroatoms. The zero-order valence-electron chi connectivity index (χ0n) is 11.0.